The Hall–Kier alpha value is -2.62. The Balaban J connectivity index is 1.96. The van der Waals surface area contributed by atoms with Crippen LogP contribution in [0.25, 0.3) is 0 Å². The van der Waals surface area contributed by atoms with E-state index >= 15 is 0 Å². The van der Waals surface area contributed by atoms with Gasteiger partial charge < -0.3 is 10.2 Å². The van der Waals surface area contributed by atoms with E-state index in [0.29, 0.717) is 6.54 Å². The average molecular weight is 324 g/mol. The van der Waals surface area contributed by atoms with E-state index in [9.17, 15) is 9.59 Å². The molecular formula is C20H24N2O2. The van der Waals surface area contributed by atoms with Crippen LogP contribution in [-0.4, -0.2) is 24.9 Å². The minimum atomic E-state index is -0.151. The molecule has 126 valence electrons. The average Bonchev–Trinajstić information content (AvgIpc) is 2.56. The smallest absolute Gasteiger partial charge is 0.240 e. The second-order valence-corrected chi connectivity index (χ2v) is 5.91. The van der Waals surface area contributed by atoms with E-state index in [1.54, 1.807) is 0 Å². The van der Waals surface area contributed by atoms with Gasteiger partial charge in [-0.15, -0.1) is 0 Å². The molecule has 2 aromatic carbocycles. The Labute approximate surface area is 143 Å². The van der Waals surface area contributed by atoms with Crippen molar-refractivity contribution in [2.75, 3.05) is 18.0 Å². The van der Waals surface area contributed by atoms with Crippen LogP contribution < -0.4 is 10.2 Å². The number of hydrogen-bond acceptors (Lipinski definition) is 2. The summed E-state index contributed by atoms with van der Waals surface area (Å²) < 4.78 is 0. The fourth-order valence-electron chi connectivity index (χ4n) is 2.58. The first-order chi connectivity index (χ1) is 11.5. The molecule has 24 heavy (non-hydrogen) atoms. The lowest BCUT2D eigenvalue weighted by molar-refractivity contribution is -0.123. The van der Waals surface area contributed by atoms with E-state index in [1.165, 1.54) is 17.4 Å². The van der Waals surface area contributed by atoms with Crippen molar-refractivity contribution < 1.29 is 9.59 Å². The van der Waals surface area contributed by atoms with Gasteiger partial charge in [-0.2, -0.15) is 0 Å². The van der Waals surface area contributed by atoms with Crippen molar-refractivity contribution >= 4 is 17.5 Å². The number of carbonyl (C=O) groups is 2. The van der Waals surface area contributed by atoms with Gasteiger partial charge in [0.2, 0.25) is 11.8 Å². The van der Waals surface area contributed by atoms with Crippen molar-refractivity contribution in [3.63, 3.8) is 0 Å². The van der Waals surface area contributed by atoms with Gasteiger partial charge in [0.15, 0.2) is 0 Å². The number of anilines is 1. The molecule has 0 unspecified atom stereocenters. The first-order valence-corrected chi connectivity index (χ1v) is 8.14. The molecule has 0 fully saturated rings. The quantitative estimate of drug-likeness (QED) is 0.888. The maximum Gasteiger partial charge on any atom is 0.240 e. The molecule has 2 rings (SSSR count). The minimum Gasteiger partial charge on any atom is -0.354 e. The summed E-state index contributed by atoms with van der Waals surface area (Å²) in [6.45, 7) is 6.04. The van der Waals surface area contributed by atoms with E-state index in [1.807, 2.05) is 62.4 Å². The molecule has 2 aromatic rings. The van der Waals surface area contributed by atoms with E-state index in [2.05, 4.69) is 5.32 Å². The molecule has 4 nitrogen and oxygen atoms in total. The van der Waals surface area contributed by atoms with Crippen LogP contribution in [0.2, 0.25) is 0 Å². The Morgan fingerprint density at radius 3 is 2.38 bits per heavy atom. The number of rotatable bonds is 6. The SMILES string of the molecule is CC(=O)N(CC(=O)NCCc1ccccc1)c1cccc(C)c1C. The fraction of sp³-hybridized carbons (Fsp3) is 0.300. The number of benzene rings is 2. The molecule has 4 heteroatoms. The van der Waals surface area contributed by atoms with Crippen LogP contribution in [0.3, 0.4) is 0 Å². The Morgan fingerprint density at radius 1 is 1.00 bits per heavy atom. The number of hydrogen-bond donors (Lipinski definition) is 1. The topological polar surface area (TPSA) is 49.4 Å². The summed E-state index contributed by atoms with van der Waals surface area (Å²) in [6.07, 6.45) is 0.774. The zero-order valence-corrected chi connectivity index (χ0v) is 14.5. The summed E-state index contributed by atoms with van der Waals surface area (Å²) in [5.74, 6) is -0.288. The summed E-state index contributed by atoms with van der Waals surface area (Å²) in [4.78, 5) is 25.7. The Kier molecular flexibility index (Phi) is 6.13. The lowest BCUT2D eigenvalue weighted by atomic mass is 10.1. The van der Waals surface area contributed by atoms with Crippen LogP contribution in [0.15, 0.2) is 48.5 Å². The first-order valence-electron chi connectivity index (χ1n) is 8.14. The highest BCUT2D eigenvalue weighted by atomic mass is 16.2. The number of carbonyl (C=O) groups excluding carboxylic acids is 2. The summed E-state index contributed by atoms with van der Waals surface area (Å²) in [7, 11) is 0. The van der Waals surface area contributed by atoms with Crippen LogP contribution >= 0.6 is 0 Å². The van der Waals surface area contributed by atoms with Crippen molar-refractivity contribution in [2.24, 2.45) is 0 Å². The lowest BCUT2D eigenvalue weighted by Crippen LogP contribution is -2.40. The maximum absolute atomic E-state index is 12.2. The van der Waals surface area contributed by atoms with Crippen LogP contribution in [0, 0.1) is 13.8 Å². The molecule has 1 N–H and O–H groups in total. The molecule has 0 aliphatic carbocycles. The Bertz CT molecular complexity index is 711. The molecule has 0 atom stereocenters. The summed E-state index contributed by atoms with van der Waals surface area (Å²) in [6, 6.07) is 15.8. The summed E-state index contributed by atoms with van der Waals surface area (Å²) in [5, 5.41) is 2.89. The van der Waals surface area contributed by atoms with Gasteiger partial charge in [0.05, 0.1) is 0 Å². The minimum absolute atomic E-state index is 0.0361. The second-order valence-electron chi connectivity index (χ2n) is 5.91. The molecule has 0 saturated heterocycles. The maximum atomic E-state index is 12.2. The van der Waals surface area contributed by atoms with Gasteiger partial charge in [0.1, 0.15) is 6.54 Å². The lowest BCUT2D eigenvalue weighted by Gasteiger charge is -2.23. The molecule has 2 amide bonds. The molecule has 0 heterocycles. The van der Waals surface area contributed by atoms with Crippen LogP contribution in [0.5, 0.6) is 0 Å². The highest BCUT2D eigenvalue weighted by molar-refractivity contribution is 5.98. The van der Waals surface area contributed by atoms with Gasteiger partial charge in [0.25, 0.3) is 0 Å². The van der Waals surface area contributed by atoms with Gasteiger partial charge in [-0.1, -0.05) is 42.5 Å². The van der Waals surface area contributed by atoms with Crippen LogP contribution in [0.4, 0.5) is 5.69 Å². The third-order valence-corrected chi connectivity index (χ3v) is 4.13. The van der Waals surface area contributed by atoms with Crippen molar-refractivity contribution in [1.82, 2.24) is 5.32 Å². The Morgan fingerprint density at radius 2 is 1.71 bits per heavy atom. The molecule has 0 spiro atoms. The van der Waals surface area contributed by atoms with Crippen LogP contribution in [0.1, 0.15) is 23.6 Å². The van der Waals surface area contributed by atoms with E-state index in [4.69, 9.17) is 0 Å². The first kappa shape index (κ1) is 17.7. The molecule has 0 radical (unpaired) electrons. The van der Waals surface area contributed by atoms with Crippen molar-refractivity contribution in [3.8, 4) is 0 Å². The van der Waals surface area contributed by atoms with Gasteiger partial charge in [-0.3, -0.25) is 9.59 Å². The monoisotopic (exact) mass is 324 g/mol. The van der Waals surface area contributed by atoms with Gasteiger partial charge >= 0.3 is 0 Å². The van der Waals surface area contributed by atoms with Crippen LogP contribution in [-0.2, 0) is 16.0 Å². The molecule has 0 aliphatic heterocycles. The van der Waals surface area contributed by atoms with E-state index in [-0.39, 0.29) is 18.4 Å². The summed E-state index contributed by atoms with van der Waals surface area (Å²) >= 11 is 0. The molecule has 0 saturated carbocycles. The fourth-order valence-corrected chi connectivity index (χ4v) is 2.58. The van der Waals surface area contributed by atoms with E-state index < -0.39 is 0 Å². The zero-order chi connectivity index (χ0) is 17.5. The van der Waals surface area contributed by atoms with Gasteiger partial charge in [-0.25, -0.2) is 0 Å². The second kappa shape index (κ2) is 8.29. The predicted molar refractivity (Wildman–Crippen MR) is 97.1 cm³/mol. The normalized spacial score (nSPS) is 10.3. The third-order valence-electron chi connectivity index (χ3n) is 4.13. The summed E-state index contributed by atoms with van der Waals surface area (Å²) in [5.41, 5.74) is 4.09. The highest BCUT2D eigenvalue weighted by Gasteiger charge is 2.17. The highest BCUT2D eigenvalue weighted by Crippen LogP contribution is 2.22. The predicted octanol–water partition coefficient (Wildman–Crippen LogP) is 3.02. The largest absolute Gasteiger partial charge is 0.354 e. The number of nitrogens with zero attached hydrogens (tertiary/aromatic N) is 1. The zero-order valence-electron chi connectivity index (χ0n) is 14.5. The number of aryl methyl sites for hydroxylation is 1. The van der Waals surface area contributed by atoms with Crippen molar-refractivity contribution in [3.05, 3.63) is 65.2 Å². The standard InChI is InChI=1S/C20H24N2O2/c1-15-8-7-11-19(16(15)2)22(17(3)23)14-20(24)21-13-12-18-9-5-4-6-10-18/h4-11H,12-14H2,1-3H3,(H,21,24). The van der Waals surface area contributed by atoms with Crippen molar-refractivity contribution in [2.45, 2.75) is 27.2 Å². The number of nitrogens with one attached hydrogen (secondary N) is 1. The molecular weight excluding hydrogens is 300 g/mol. The molecule has 0 bridgehead atoms. The molecule has 0 aromatic heterocycles. The molecule has 0 aliphatic rings. The third kappa shape index (κ3) is 4.69. The van der Waals surface area contributed by atoms with Crippen molar-refractivity contribution in [1.29, 1.82) is 0 Å². The number of amides is 2. The van der Waals surface area contributed by atoms with Gasteiger partial charge in [0, 0.05) is 19.2 Å². The van der Waals surface area contributed by atoms with E-state index in [0.717, 1.165) is 23.2 Å². The van der Waals surface area contributed by atoms with Gasteiger partial charge in [-0.05, 0) is 43.0 Å².